The summed E-state index contributed by atoms with van der Waals surface area (Å²) in [6, 6.07) is 9.33. The number of hydrogen-bond acceptors (Lipinski definition) is 6. The highest BCUT2D eigenvalue weighted by Crippen LogP contribution is 2.18. The number of aliphatic hydroxyl groups excluding tert-OH is 1. The Morgan fingerprint density at radius 2 is 2.04 bits per heavy atom. The first-order chi connectivity index (χ1) is 11.4. The van der Waals surface area contributed by atoms with Gasteiger partial charge in [0.1, 0.15) is 0 Å². The van der Waals surface area contributed by atoms with Gasteiger partial charge in [0, 0.05) is 25.2 Å². The van der Waals surface area contributed by atoms with Crippen molar-refractivity contribution in [3.63, 3.8) is 0 Å². The lowest BCUT2D eigenvalue weighted by molar-refractivity contribution is -0.0937. The summed E-state index contributed by atoms with van der Waals surface area (Å²) < 4.78 is 11.8. The molecule has 0 aliphatic carbocycles. The summed E-state index contributed by atoms with van der Waals surface area (Å²) in [5, 5.41) is 14.3. The van der Waals surface area contributed by atoms with E-state index >= 15 is 0 Å². The smallest absolute Gasteiger partial charge is 0.390 e. The second kappa shape index (κ2) is 6.88. The Kier molecular flexibility index (Phi) is 4.84. The normalized spacial score (nSPS) is 19.3. The molecule has 0 radical (unpaired) electrons. The maximum Gasteiger partial charge on any atom is 0.441 e. The molecular formula is C17H23N3O4. The lowest BCUT2D eigenvalue weighted by Crippen LogP contribution is -2.50. The lowest BCUT2D eigenvalue weighted by atomic mass is 10.1. The SMILES string of the molecule is CC1(C)CN(CC(O)Cn2c(-c3ccccc3)noc2=O)CCO1. The molecule has 7 heteroatoms. The van der Waals surface area contributed by atoms with Gasteiger partial charge in [-0.25, -0.2) is 4.79 Å². The molecule has 1 atom stereocenters. The van der Waals surface area contributed by atoms with Gasteiger partial charge in [0.15, 0.2) is 5.82 Å². The summed E-state index contributed by atoms with van der Waals surface area (Å²) in [6.07, 6.45) is -0.696. The summed E-state index contributed by atoms with van der Waals surface area (Å²) in [5.41, 5.74) is 0.560. The van der Waals surface area contributed by atoms with Crippen molar-refractivity contribution in [1.29, 1.82) is 0 Å². The zero-order valence-corrected chi connectivity index (χ0v) is 14.0. The average Bonchev–Trinajstić information content (AvgIpc) is 2.88. The lowest BCUT2D eigenvalue weighted by Gasteiger charge is -2.38. The third-order valence-corrected chi connectivity index (χ3v) is 4.09. The predicted octanol–water partition coefficient (Wildman–Crippen LogP) is 0.975. The van der Waals surface area contributed by atoms with Crippen molar-refractivity contribution in [3.8, 4) is 11.4 Å². The molecule has 2 aromatic rings. The van der Waals surface area contributed by atoms with E-state index in [9.17, 15) is 9.90 Å². The molecular weight excluding hydrogens is 310 g/mol. The number of morpholine rings is 1. The Morgan fingerprint density at radius 1 is 1.29 bits per heavy atom. The molecule has 3 rings (SSSR count). The Bertz CT molecular complexity index is 723. The average molecular weight is 333 g/mol. The highest BCUT2D eigenvalue weighted by atomic mass is 16.5. The van der Waals surface area contributed by atoms with Crippen molar-refractivity contribution in [2.24, 2.45) is 0 Å². The van der Waals surface area contributed by atoms with Gasteiger partial charge in [0.2, 0.25) is 0 Å². The number of hydrogen-bond donors (Lipinski definition) is 1. The fraction of sp³-hybridized carbons (Fsp3) is 0.529. The number of benzene rings is 1. The number of β-amino-alcohol motifs (C(OH)–C–C–N with tert-alkyl or cyclic N) is 1. The van der Waals surface area contributed by atoms with Crippen molar-refractivity contribution in [2.75, 3.05) is 26.2 Å². The molecule has 0 saturated carbocycles. The molecule has 2 heterocycles. The van der Waals surface area contributed by atoms with Crippen molar-refractivity contribution in [1.82, 2.24) is 14.6 Å². The van der Waals surface area contributed by atoms with Crippen LogP contribution in [-0.4, -0.2) is 57.7 Å². The minimum Gasteiger partial charge on any atom is -0.390 e. The Labute approximate surface area is 140 Å². The quantitative estimate of drug-likeness (QED) is 0.878. The van der Waals surface area contributed by atoms with Crippen LogP contribution in [0.1, 0.15) is 13.8 Å². The largest absolute Gasteiger partial charge is 0.441 e. The maximum absolute atomic E-state index is 11.9. The number of ether oxygens (including phenoxy) is 1. The standard InChI is InChI=1S/C17H23N3O4/c1-17(2)12-19(8-9-23-17)10-14(21)11-20-15(18-24-16(20)22)13-6-4-3-5-7-13/h3-7,14,21H,8-12H2,1-2H3. The Balaban J connectivity index is 1.70. The van der Waals surface area contributed by atoms with E-state index in [0.29, 0.717) is 19.0 Å². The van der Waals surface area contributed by atoms with Gasteiger partial charge >= 0.3 is 5.76 Å². The first-order valence-electron chi connectivity index (χ1n) is 8.11. The van der Waals surface area contributed by atoms with Gasteiger partial charge in [-0.15, -0.1) is 0 Å². The van der Waals surface area contributed by atoms with Crippen LogP contribution in [0.5, 0.6) is 0 Å². The number of nitrogens with zero attached hydrogens (tertiary/aromatic N) is 3. The van der Waals surface area contributed by atoms with E-state index in [0.717, 1.165) is 18.7 Å². The minimum absolute atomic E-state index is 0.143. The zero-order chi connectivity index (χ0) is 17.2. The van der Waals surface area contributed by atoms with Crippen molar-refractivity contribution >= 4 is 0 Å². The highest BCUT2D eigenvalue weighted by molar-refractivity contribution is 5.54. The van der Waals surface area contributed by atoms with Crippen LogP contribution in [0, 0.1) is 0 Å². The van der Waals surface area contributed by atoms with Crippen LogP contribution in [0.3, 0.4) is 0 Å². The minimum atomic E-state index is -0.696. The Morgan fingerprint density at radius 3 is 2.75 bits per heavy atom. The number of rotatable bonds is 5. The van der Waals surface area contributed by atoms with E-state index in [-0.39, 0.29) is 12.1 Å². The fourth-order valence-corrected chi connectivity index (χ4v) is 3.06. The molecule has 0 amide bonds. The molecule has 0 spiro atoms. The van der Waals surface area contributed by atoms with Crippen LogP contribution in [0.2, 0.25) is 0 Å². The highest BCUT2D eigenvalue weighted by Gasteiger charge is 2.28. The molecule has 1 aromatic carbocycles. The molecule has 1 saturated heterocycles. The molecule has 7 nitrogen and oxygen atoms in total. The van der Waals surface area contributed by atoms with Gasteiger partial charge < -0.3 is 9.84 Å². The molecule has 130 valence electrons. The monoisotopic (exact) mass is 333 g/mol. The predicted molar refractivity (Wildman–Crippen MR) is 88.7 cm³/mol. The third kappa shape index (κ3) is 3.92. The molecule has 1 fully saturated rings. The van der Waals surface area contributed by atoms with Crippen LogP contribution in [-0.2, 0) is 11.3 Å². The molecule has 1 unspecified atom stereocenters. The van der Waals surface area contributed by atoms with Crippen molar-refractivity contribution in [3.05, 3.63) is 40.9 Å². The van der Waals surface area contributed by atoms with Gasteiger partial charge in [-0.2, -0.15) is 0 Å². The molecule has 1 aliphatic rings. The van der Waals surface area contributed by atoms with Gasteiger partial charge in [-0.3, -0.25) is 14.0 Å². The summed E-state index contributed by atoms with van der Waals surface area (Å²) in [4.78, 5) is 14.1. The van der Waals surface area contributed by atoms with E-state index in [4.69, 9.17) is 9.26 Å². The van der Waals surface area contributed by atoms with E-state index in [2.05, 4.69) is 10.1 Å². The first kappa shape index (κ1) is 16.9. The summed E-state index contributed by atoms with van der Waals surface area (Å²) in [5.74, 6) is -0.128. The van der Waals surface area contributed by atoms with E-state index in [1.807, 2.05) is 44.2 Å². The van der Waals surface area contributed by atoms with Gasteiger partial charge in [-0.05, 0) is 13.8 Å². The molecule has 24 heavy (non-hydrogen) atoms. The maximum atomic E-state index is 11.9. The van der Waals surface area contributed by atoms with Crippen LogP contribution in [0.25, 0.3) is 11.4 Å². The van der Waals surface area contributed by atoms with E-state index in [1.54, 1.807) is 0 Å². The first-order valence-corrected chi connectivity index (χ1v) is 8.11. The van der Waals surface area contributed by atoms with E-state index in [1.165, 1.54) is 4.57 Å². The summed E-state index contributed by atoms with van der Waals surface area (Å²) in [6.45, 7) is 6.83. The van der Waals surface area contributed by atoms with Gasteiger partial charge in [0.25, 0.3) is 0 Å². The second-order valence-electron chi connectivity index (χ2n) is 6.75. The van der Waals surface area contributed by atoms with Gasteiger partial charge in [-0.1, -0.05) is 35.5 Å². The second-order valence-corrected chi connectivity index (χ2v) is 6.75. The van der Waals surface area contributed by atoms with Crippen LogP contribution < -0.4 is 5.76 Å². The number of aliphatic hydroxyl groups is 1. The summed E-state index contributed by atoms with van der Waals surface area (Å²) >= 11 is 0. The number of aromatic nitrogens is 2. The van der Waals surface area contributed by atoms with Crippen LogP contribution in [0.4, 0.5) is 0 Å². The molecule has 1 aliphatic heterocycles. The van der Waals surface area contributed by atoms with E-state index < -0.39 is 11.9 Å². The molecule has 1 aromatic heterocycles. The Hall–Kier alpha value is -1.96. The van der Waals surface area contributed by atoms with Crippen molar-refractivity contribution < 1.29 is 14.4 Å². The molecule has 0 bridgehead atoms. The van der Waals surface area contributed by atoms with Crippen molar-refractivity contribution in [2.45, 2.75) is 32.1 Å². The third-order valence-electron chi connectivity index (χ3n) is 4.09. The fourth-order valence-electron chi connectivity index (χ4n) is 3.06. The summed E-state index contributed by atoms with van der Waals surface area (Å²) in [7, 11) is 0. The molecule has 1 N–H and O–H groups in total. The van der Waals surface area contributed by atoms with Crippen LogP contribution >= 0.6 is 0 Å². The van der Waals surface area contributed by atoms with Crippen LogP contribution in [0.15, 0.2) is 39.6 Å². The topological polar surface area (TPSA) is 80.7 Å². The van der Waals surface area contributed by atoms with Gasteiger partial charge in [0.05, 0.1) is 24.9 Å². The zero-order valence-electron chi connectivity index (χ0n) is 14.0.